The molecule has 0 radical (unpaired) electrons. The highest BCUT2D eigenvalue weighted by atomic mass is 127. The topological polar surface area (TPSA) is 59.2 Å². The Morgan fingerprint density at radius 3 is 2.47 bits per heavy atom. The monoisotopic (exact) mass is 355 g/mol. The van der Waals surface area contributed by atoms with Crippen molar-refractivity contribution in [3.63, 3.8) is 0 Å². The Hall–Kier alpha value is -0.830. The lowest BCUT2D eigenvalue weighted by Gasteiger charge is -2.24. The number of nitrogens with two attached hydrogens (primary N) is 1. The molecule has 0 spiro atoms. The Bertz CT molecular complexity index is 460. The van der Waals surface area contributed by atoms with Crippen molar-refractivity contribution in [1.82, 2.24) is 4.98 Å². The van der Waals surface area contributed by atoms with E-state index in [1.165, 1.54) is 22.6 Å². The van der Waals surface area contributed by atoms with Crippen molar-refractivity contribution < 1.29 is 13.6 Å². The first-order valence-electron chi connectivity index (χ1n) is 4.75. The molecule has 1 rings (SSSR count). The van der Waals surface area contributed by atoms with Crippen molar-refractivity contribution >= 4 is 34.3 Å². The number of anilines is 1. The molecule has 1 heterocycles. The van der Waals surface area contributed by atoms with E-state index in [0.29, 0.717) is 5.01 Å². The molecule has 1 aromatic heterocycles. The van der Waals surface area contributed by atoms with Crippen molar-refractivity contribution in [2.24, 2.45) is 11.3 Å². The summed E-state index contributed by atoms with van der Waals surface area (Å²) in [4.78, 5) is 15.3. The summed E-state index contributed by atoms with van der Waals surface area (Å²) in [6.45, 7) is 4.92. The number of halogens is 3. The average Bonchev–Trinajstić information content (AvgIpc) is 2.23. The number of pyridine rings is 1. The molecule has 17 heavy (non-hydrogen) atoms. The largest absolute Gasteiger partial charge is 0.272 e. The molecule has 4 nitrogen and oxygen atoms in total. The van der Waals surface area contributed by atoms with E-state index in [4.69, 9.17) is 5.84 Å². The molecule has 0 unspecified atom stereocenters. The number of hydrazine groups is 1. The third-order valence-electron chi connectivity index (χ3n) is 1.99. The molecule has 0 saturated carbocycles. The summed E-state index contributed by atoms with van der Waals surface area (Å²) in [6, 6.07) is 0. The van der Waals surface area contributed by atoms with Gasteiger partial charge in [-0.2, -0.15) is 0 Å². The molecule has 1 amide bonds. The fourth-order valence-electron chi connectivity index (χ4n) is 1.06. The van der Waals surface area contributed by atoms with Crippen LogP contribution in [0.2, 0.25) is 0 Å². The highest BCUT2D eigenvalue weighted by Gasteiger charge is 2.29. The lowest BCUT2D eigenvalue weighted by atomic mass is 9.95. The molecule has 0 saturated heterocycles. The number of hydrogen-bond donors (Lipinski definition) is 1. The second kappa shape index (κ2) is 4.81. The first kappa shape index (κ1) is 14.2. The van der Waals surface area contributed by atoms with Gasteiger partial charge in [-0.1, -0.05) is 20.8 Å². The maximum Gasteiger partial charge on any atom is 0.247 e. The van der Waals surface area contributed by atoms with Crippen molar-refractivity contribution in [3.8, 4) is 0 Å². The van der Waals surface area contributed by atoms with E-state index in [-0.39, 0.29) is 9.39 Å². The van der Waals surface area contributed by atoms with Crippen molar-refractivity contribution in [1.29, 1.82) is 0 Å². The SMILES string of the molecule is CC(C)(C)C(=O)N(N)c1ncc(F)c(I)c1F. The fraction of sp³-hybridized carbons (Fsp3) is 0.400. The van der Waals surface area contributed by atoms with Crippen LogP contribution in [0.25, 0.3) is 0 Å². The highest BCUT2D eigenvalue weighted by molar-refractivity contribution is 14.1. The maximum absolute atomic E-state index is 13.7. The first-order chi connectivity index (χ1) is 7.66. The molecule has 0 atom stereocenters. The minimum atomic E-state index is -0.939. The van der Waals surface area contributed by atoms with Crippen LogP contribution >= 0.6 is 22.6 Å². The number of amides is 1. The molecule has 0 aromatic carbocycles. The molecule has 0 aliphatic carbocycles. The van der Waals surface area contributed by atoms with E-state index >= 15 is 0 Å². The molecule has 0 fully saturated rings. The van der Waals surface area contributed by atoms with Gasteiger partial charge in [-0.15, -0.1) is 0 Å². The lowest BCUT2D eigenvalue weighted by molar-refractivity contribution is -0.125. The molecular weight excluding hydrogens is 343 g/mol. The van der Waals surface area contributed by atoms with Gasteiger partial charge in [0.25, 0.3) is 0 Å². The van der Waals surface area contributed by atoms with Crippen molar-refractivity contribution in [3.05, 3.63) is 21.4 Å². The van der Waals surface area contributed by atoms with Crippen LogP contribution < -0.4 is 10.9 Å². The summed E-state index contributed by atoms with van der Waals surface area (Å²) in [5.74, 6) is 2.89. The van der Waals surface area contributed by atoms with E-state index in [2.05, 4.69) is 4.98 Å². The smallest absolute Gasteiger partial charge is 0.247 e. The summed E-state index contributed by atoms with van der Waals surface area (Å²) in [5.41, 5.74) is -0.775. The van der Waals surface area contributed by atoms with Gasteiger partial charge in [-0.05, 0) is 22.6 Å². The normalized spacial score (nSPS) is 11.5. The quantitative estimate of drug-likeness (QED) is 0.364. The molecular formula is C10H12F2IN3O. The third-order valence-corrected chi connectivity index (χ3v) is 2.98. The second-order valence-corrected chi connectivity index (χ2v) is 5.56. The van der Waals surface area contributed by atoms with Gasteiger partial charge in [0, 0.05) is 5.41 Å². The van der Waals surface area contributed by atoms with Gasteiger partial charge in [0.15, 0.2) is 17.5 Å². The van der Waals surface area contributed by atoms with Crippen LogP contribution in [0.4, 0.5) is 14.6 Å². The zero-order valence-electron chi connectivity index (χ0n) is 9.59. The predicted molar refractivity (Wildman–Crippen MR) is 68.0 cm³/mol. The molecule has 2 N–H and O–H groups in total. The van der Waals surface area contributed by atoms with Gasteiger partial charge in [0.1, 0.15) is 0 Å². The number of carbonyl (C=O) groups excluding carboxylic acids is 1. The minimum absolute atomic E-state index is 0.246. The molecule has 0 bridgehead atoms. The third kappa shape index (κ3) is 2.89. The summed E-state index contributed by atoms with van der Waals surface area (Å²) in [6.07, 6.45) is 0.829. The van der Waals surface area contributed by atoms with E-state index in [1.807, 2.05) is 0 Å². The molecule has 94 valence electrons. The average molecular weight is 355 g/mol. The number of nitrogens with zero attached hydrogens (tertiary/aromatic N) is 2. The number of aromatic nitrogens is 1. The Labute approximate surface area is 111 Å². The van der Waals surface area contributed by atoms with E-state index in [9.17, 15) is 13.6 Å². The zero-order chi connectivity index (χ0) is 13.4. The molecule has 7 heteroatoms. The summed E-state index contributed by atoms with van der Waals surface area (Å²) >= 11 is 1.49. The van der Waals surface area contributed by atoms with E-state index in [1.54, 1.807) is 20.8 Å². The van der Waals surface area contributed by atoms with Crippen LogP contribution in [0.15, 0.2) is 6.20 Å². The van der Waals surface area contributed by atoms with E-state index in [0.717, 1.165) is 6.20 Å². The molecule has 1 aromatic rings. The standard InChI is InChI=1S/C10H12F2IN3O/c1-10(2,3)9(17)16(14)8-6(12)7(13)5(11)4-15-8/h4H,14H2,1-3H3. The number of hydrogen-bond acceptors (Lipinski definition) is 3. The van der Waals surface area contributed by atoms with Gasteiger partial charge < -0.3 is 0 Å². The Balaban J connectivity index is 3.19. The van der Waals surface area contributed by atoms with Crippen molar-refractivity contribution in [2.75, 3.05) is 5.01 Å². The maximum atomic E-state index is 13.7. The van der Waals surface area contributed by atoms with Gasteiger partial charge in [-0.25, -0.2) is 24.6 Å². The second-order valence-electron chi connectivity index (χ2n) is 4.48. The van der Waals surface area contributed by atoms with Gasteiger partial charge in [-0.3, -0.25) is 4.79 Å². The number of carbonyl (C=O) groups is 1. The van der Waals surface area contributed by atoms with Crippen LogP contribution in [0.3, 0.4) is 0 Å². The molecule has 0 aliphatic rings. The Morgan fingerprint density at radius 1 is 1.47 bits per heavy atom. The van der Waals surface area contributed by atoms with Crippen LogP contribution in [-0.4, -0.2) is 10.9 Å². The minimum Gasteiger partial charge on any atom is -0.272 e. The van der Waals surface area contributed by atoms with Gasteiger partial charge >= 0.3 is 0 Å². The lowest BCUT2D eigenvalue weighted by Crippen LogP contribution is -2.45. The predicted octanol–water partition coefficient (Wildman–Crippen LogP) is 2.22. The zero-order valence-corrected chi connectivity index (χ0v) is 11.7. The first-order valence-corrected chi connectivity index (χ1v) is 5.83. The summed E-state index contributed by atoms with van der Waals surface area (Å²) in [7, 11) is 0. The van der Waals surface area contributed by atoms with Gasteiger partial charge in [0.05, 0.1) is 9.77 Å². The van der Waals surface area contributed by atoms with Gasteiger partial charge in [0.2, 0.25) is 5.91 Å². The van der Waals surface area contributed by atoms with Crippen LogP contribution in [0.5, 0.6) is 0 Å². The Morgan fingerprint density at radius 2 is 2.00 bits per heavy atom. The van der Waals surface area contributed by atoms with E-state index < -0.39 is 23.0 Å². The van der Waals surface area contributed by atoms with Crippen molar-refractivity contribution in [2.45, 2.75) is 20.8 Å². The fourth-order valence-corrected chi connectivity index (χ4v) is 1.44. The number of rotatable bonds is 1. The van der Waals surface area contributed by atoms with Crippen LogP contribution in [-0.2, 0) is 4.79 Å². The summed E-state index contributed by atoms with van der Waals surface area (Å²) < 4.78 is 26.4. The van der Waals surface area contributed by atoms with Crippen LogP contribution in [0.1, 0.15) is 20.8 Å². The Kier molecular flexibility index (Phi) is 4.03. The highest BCUT2D eigenvalue weighted by Crippen LogP contribution is 2.25. The summed E-state index contributed by atoms with van der Waals surface area (Å²) in [5, 5.41) is 0.608. The molecule has 0 aliphatic heterocycles. The van der Waals surface area contributed by atoms with Crippen LogP contribution in [0, 0.1) is 20.6 Å².